The largest absolute Gasteiger partial charge is 0.365 e. The van der Waals surface area contributed by atoms with Gasteiger partial charge in [-0.15, -0.1) is 0 Å². The van der Waals surface area contributed by atoms with Crippen LogP contribution >= 0.6 is 0 Å². The highest BCUT2D eigenvalue weighted by Crippen LogP contribution is 2.20. The van der Waals surface area contributed by atoms with Crippen molar-refractivity contribution in [1.29, 1.82) is 0 Å². The van der Waals surface area contributed by atoms with Crippen LogP contribution in [0, 0.1) is 0 Å². The van der Waals surface area contributed by atoms with Crippen LogP contribution in [0.2, 0.25) is 0 Å². The molecule has 4 nitrogen and oxygen atoms in total. The second kappa shape index (κ2) is 5.21. The van der Waals surface area contributed by atoms with Crippen LogP contribution in [0.1, 0.15) is 12.6 Å². The Balaban J connectivity index is 2.03. The molecule has 0 amide bonds. The van der Waals surface area contributed by atoms with E-state index in [-0.39, 0.29) is 5.54 Å². The number of nitrogens with two attached hydrogens (primary N) is 1. The number of aromatic amines is 1. The lowest BCUT2D eigenvalue weighted by molar-refractivity contribution is 0.0554. The van der Waals surface area contributed by atoms with Gasteiger partial charge in [-0.1, -0.05) is 0 Å². The molecule has 0 spiro atoms. The van der Waals surface area contributed by atoms with Crippen LogP contribution in [0.5, 0.6) is 0 Å². The summed E-state index contributed by atoms with van der Waals surface area (Å²) in [6, 6.07) is 4.19. The summed E-state index contributed by atoms with van der Waals surface area (Å²) in [6.45, 7) is 7.49. The van der Waals surface area contributed by atoms with Crippen molar-refractivity contribution in [3.8, 4) is 0 Å². The first-order valence-electron chi connectivity index (χ1n) is 6.40. The number of hydrogen-bond donors (Lipinski definition) is 2. The quantitative estimate of drug-likeness (QED) is 0.801. The molecule has 1 aliphatic heterocycles. The standard InChI is InChI=1S/C13H24N4/c1-13(11-14,10-12-4-3-5-15-12)17-8-6-16(2)7-9-17/h3-5,15H,6-11,14H2,1-2H3. The van der Waals surface area contributed by atoms with Crippen molar-refractivity contribution < 1.29 is 0 Å². The highest BCUT2D eigenvalue weighted by Gasteiger charge is 2.32. The van der Waals surface area contributed by atoms with Gasteiger partial charge in [-0.3, -0.25) is 4.90 Å². The van der Waals surface area contributed by atoms with Crippen molar-refractivity contribution >= 4 is 0 Å². The molecule has 1 unspecified atom stereocenters. The first kappa shape index (κ1) is 12.6. The summed E-state index contributed by atoms with van der Waals surface area (Å²) in [6.07, 6.45) is 2.98. The molecule has 4 heteroatoms. The maximum atomic E-state index is 6.02. The summed E-state index contributed by atoms with van der Waals surface area (Å²) < 4.78 is 0. The Morgan fingerprint density at radius 3 is 2.59 bits per heavy atom. The molecule has 1 aromatic rings. The van der Waals surface area contributed by atoms with Crippen LogP contribution in [0.15, 0.2) is 18.3 Å². The fourth-order valence-corrected chi connectivity index (χ4v) is 2.55. The molecule has 0 radical (unpaired) electrons. The zero-order valence-corrected chi connectivity index (χ0v) is 10.9. The van der Waals surface area contributed by atoms with Crippen LogP contribution in [0.4, 0.5) is 0 Å². The molecule has 96 valence electrons. The number of likely N-dealkylation sites (N-methyl/N-ethyl adjacent to an activating group) is 1. The van der Waals surface area contributed by atoms with E-state index in [0.29, 0.717) is 6.54 Å². The minimum absolute atomic E-state index is 0.0755. The Bertz CT molecular complexity index is 327. The molecular formula is C13H24N4. The first-order chi connectivity index (χ1) is 8.14. The highest BCUT2D eigenvalue weighted by molar-refractivity contribution is 5.09. The zero-order valence-electron chi connectivity index (χ0n) is 10.9. The molecule has 1 aliphatic rings. The Labute approximate surface area is 104 Å². The first-order valence-corrected chi connectivity index (χ1v) is 6.40. The van der Waals surface area contributed by atoms with Gasteiger partial charge in [-0.05, 0) is 26.1 Å². The molecule has 2 heterocycles. The Morgan fingerprint density at radius 2 is 2.06 bits per heavy atom. The third-order valence-electron chi connectivity index (χ3n) is 3.94. The second-order valence-corrected chi connectivity index (χ2v) is 5.36. The van der Waals surface area contributed by atoms with E-state index >= 15 is 0 Å². The second-order valence-electron chi connectivity index (χ2n) is 5.36. The summed E-state index contributed by atoms with van der Waals surface area (Å²) in [5, 5.41) is 0. The Hall–Kier alpha value is -0.840. The van der Waals surface area contributed by atoms with Crippen molar-refractivity contribution in [2.75, 3.05) is 39.8 Å². The predicted octanol–water partition coefficient (Wildman–Crippen LogP) is 0.522. The van der Waals surface area contributed by atoms with Crippen molar-refractivity contribution in [3.05, 3.63) is 24.0 Å². The van der Waals surface area contributed by atoms with Gasteiger partial charge < -0.3 is 15.6 Å². The van der Waals surface area contributed by atoms with Gasteiger partial charge in [0.15, 0.2) is 0 Å². The van der Waals surface area contributed by atoms with Crippen LogP contribution in [-0.4, -0.2) is 60.1 Å². The number of piperazine rings is 1. The van der Waals surface area contributed by atoms with E-state index in [2.05, 4.69) is 40.9 Å². The number of rotatable bonds is 4. The smallest absolute Gasteiger partial charge is 0.0359 e. The lowest BCUT2D eigenvalue weighted by atomic mass is 9.92. The van der Waals surface area contributed by atoms with Gasteiger partial charge in [0.05, 0.1) is 0 Å². The minimum Gasteiger partial charge on any atom is -0.365 e. The average Bonchev–Trinajstić information content (AvgIpc) is 2.82. The number of nitrogens with zero attached hydrogens (tertiary/aromatic N) is 2. The molecule has 0 saturated carbocycles. The predicted molar refractivity (Wildman–Crippen MR) is 71.0 cm³/mol. The van der Waals surface area contributed by atoms with Gasteiger partial charge in [0, 0.05) is 56.6 Å². The molecule has 1 fully saturated rings. The summed E-state index contributed by atoms with van der Waals surface area (Å²) in [5.74, 6) is 0. The van der Waals surface area contributed by atoms with Crippen molar-refractivity contribution in [1.82, 2.24) is 14.8 Å². The van der Waals surface area contributed by atoms with Crippen LogP contribution in [0.25, 0.3) is 0 Å². The summed E-state index contributed by atoms with van der Waals surface area (Å²) in [4.78, 5) is 8.19. The number of aromatic nitrogens is 1. The highest BCUT2D eigenvalue weighted by atomic mass is 15.3. The van der Waals surface area contributed by atoms with Crippen LogP contribution in [-0.2, 0) is 6.42 Å². The molecule has 17 heavy (non-hydrogen) atoms. The topological polar surface area (TPSA) is 48.3 Å². The molecule has 0 bridgehead atoms. The minimum atomic E-state index is 0.0755. The van der Waals surface area contributed by atoms with Gasteiger partial charge in [0.25, 0.3) is 0 Å². The molecule has 0 aromatic carbocycles. The summed E-state index contributed by atoms with van der Waals surface area (Å²) in [7, 11) is 2.18. The summed E-state index contributed by atoms with van der Waals surface area (Å²) >= 11 is 0. The fraction of sp³-hybridized carbons (Fsp3) is 0.692. The van der Waals surface area contributed by atoms with E-state index in [1.165, 1.54) is 5.69 Å². The van der Waals surface area contributed by atoms with E-state index < -0.39 is 0 Å². The average molecular weight is 236 g/mol. The molecule has 1 aromatic heterocycles. The number of nitrogens with one attached hydrogen (secondary N) is 1. The maximum absolute atomic E-state index is 6.02. The summed E-state index contributed by atoms with van der Waals surface area (Å²) in [5.41, 5.74) is 7.37. The van der Waals surface area contributed by atoms with E-state index in [1.807, 2.05) is 6.20 Å². The van der Waals surface area contributed by atoms with Crippen molar-refractivity contribution in [3.63, 3.8) is 0 Å². The lowest BCUT2D eigenvalue weighted by Crippen LogP contribution is -2.59. The Morgan fingerprint density at radius 1 is 1.35 bits per heavy atom. The monoisotopic (exact) mass is 236 g/mol. The van der Waals surface area contributed by atoms with E-state index in [9.17, 15) is 0 Å². The molecular weight excluding hydrogens is 212 g/mol. The van der Waals surface area contributed by atoms with E-state index in [1.54, 1.807) is 0 Å². The molecule has 3 N–H and O–H groups in total. The maximum Gasteiger partial charge on any atom is 0.0359 e. The van der Waals surface area contributed by atoms with Gasteiger partial charge >= 0.3 is 0 Å². The zero-order chi connectivity index (χ0) is 12.3. The van der Waals surface area contributed by atoms with E-state index in [0.717, 1.165) is 32.6 Å². The third kappa shape index (κ3) is 2.89. The van der Waals surface area contributed by atoms with Crippen molar-refractivity contribution in [2.24, 2.45) is 5.73 Å². The molecule has 1 atom stereocenters. The van der Waals surface area contributed by atoms with Gasteiger partial charge in [0.1, 0.15) is 0 Å². The van der Waals surface area contributed by atoms with Gasteiger partial charge in [0.2, 0.25) is 0 Å². The van der Waals surface area contributed by atoms with Gasteiger partial charge in [-0.25, -0.2) is 0 Å². The third-order valence-corrected chi connectivity index (χ3v) is 3.94. The normalized spacial score (nSPS) is 22.5. The molecule has 0 aliphatic carbocycles. The van der Waals surface area contributed by atoms with Crippen molar-refractivity contribution in [2.45, 2.75) is 18.9 Å². The Kier molecular flexibility index (Phi) is 3.86. The fourth-order valence-electron chi connectivity index (χ4n) is 2.55. The van der Waals surface area contributed by atoms with E-state index in [4.69, 9.17) is 5.73 Å². The van der Waals surface area contributed by atoms with Crippen LogP contribution < -0.4 is 5.73 Å². The molecule has 1 saturated heterocycles. The number of hydrogen-bond acceptors (Lipinski definition) is 3. The van der Waals surface area contributed by atoms with Gasteiger partial charge in [-0.2, -0.15) is 0 Å². The number of H-pyrrole nitrogens is 1. The molecule has 2 rings (SSSR count). The van der Waals surface area contributed by atoms with Crippen LogP contribution in [0.3, 0.4) is 0 Å². The SMILES string of the molecule is CN1CCN(C(C)(CN)Cc2ccc[nH]2)CC1. The lowest BCUT2D eigenvalue weighted by Gasteiger charge is -2.44.